The number of nitrogens with one attached hydrogen (secondary N) is 2. The molecule has 0 fully saturated rings. The lowest BCUT2D eigenvalue weighted by Crippen LogP contribution is -2.12. The van der Waals surface area contributed by atoms with Gasteiger partial charge in [-0.05, 0) is 24.1 Å². The lowest BCUT2D eigenvalue weighted by atomic mass is 10.1. The maximum Gasteiger partial charge on any atom is 0.256 e. The van der Waals surface area contributed by atoms with Crippen molar-refractivity contribution in [2.45, 2.75) is 26.4 Å². The van der Waals surface area contributed by atoms with Crippen LogP contribution in [-0.4, -0.2) is 23.2 Å². The van der Waals surface area contributed by atoms with E-state index >= 15 is 0 Å². The average Bonchev–Trinajstić information content (AvgIpc) is 2.88. The molecule has 0 unspecified atom stereocenters. The molecule has 5 nitrogen and oxygen atoms in total. The van der Waals surface area contributed by atoms with Crippen molar-refractivity contribution < 1.29 is 9.53 Å². The van der Waals surface area contributed by atoms with E-state index in [1.54, 1.807) is 19.2 Å². The summed E-state index contributed by atoms with van der Waals surface area (Å²) in [6.45, 7) is 2.64. The van der Waals surface area contributed by atoms with Gasteiger partial charge in [0.15, 0.2) is 5.82 Å². The number of aromatic amines is 1. The van der Waals surface area contributed by atoms with Gasteiger partial charge < -0.3 is 10.1 Å². The fourth-order valence-electron chi connectivity index (χ4n) is 1.93. The van der Waals surface area contributed by atoms with Gasteiger partial charge in [-0.1, -0.05) is 25.5 Å². The smallest absolute Gasteiger partial charge is 0.256 e. The SMILES string of the molecule is CCCc1cc(NC(=O)c2ccc(COC)cc2)n[nH]1. The fourth-order valence-corrected chi connectivity index (χ4v) is 1.93. The summed E-state index contributed by atoms with van der Waals surface area (Å²) in [5.41, 5.74) is 2.66. The molecule has 0 aliphatic rings. The zero-order valence-electron chi connectivity index (χ0n) is 11.8. The van der Waals surface area contributed by atoms with Crippen LogP contribution in [0.3, 0.4) is 0 Å². The minimum atomic E-state index is -0.163. The normalized spacial score (nSPS) is 10.5. The molecular formula is C15H19N3O2. The summed E-state index contributed by atoms with van der Waals surface area (Å²) in [5.74, 6) is 0.392. The number of anilines is 1. The van der Waals surface area contributed by atoms with Crippen molar-refractivity contribution in [2.75, 3.05) is 12.4 Å². The van der Waals surface area contributed by atoms with Crippen LogP contribution in [0.15, 0.2) is 30.3 Å². The number of methoxy groups -OCH3 is 1. The minimum Gasteiger partial charge on any atom is -0.380 e. The van der Waals surface area contributed by atoms with Gasteiger partial charge in [0.1, 0.15) is 0 Å². The molecule has 0 aliphatic carbocycles. The molecule has 2 N–H and O–H groups in total. The van der Waals surface area contributed by atoms with Crippen molar-refractivity contribution in [1.82, 2.24) is 10.2 Å². The lowest BCUT2D eigenvalue weighted by Gasteiger charge is -2.03. The largest absolute Gasteiger partial charge is 0.380 e. The van der Waals surface area contributed by atoms with Gasteiger partial charge in [-0.2, -0.15) is 5.10 Å². The average molecular weight is 273 g/mol. The van der Waals surface area contributed by atoms with Crippen molar-refractivity contribution in [1.29, 1.82) is 0 Å². The highest BCUT2D eigenvalue weighted by Crippen LogP contribution is 2.11. The number of rotatable bonds is 6. The van der Waals surface area contributed by atoms with Crippen molar-refractivity contribution >= 4 is 11.7 Å². The third kappa shape index (κ3) is 3.68. The molecule has 0 atom stereocenters. The Morgan fingerprint density at radius 1 is 1.35 bits per heavy atom. The van der Waals surface area contributed by atoms with Crippen molar-refractivity contribution in [3.05, 3.63) is 47.2 Å². The standard InChI is InChI=1S/C15H19N3O2/c1-3-4-13-9-14(18-17-13)16-15(19)12-7-5-11(6-8-12)10-20-2/h5-9H,3-4,10H2,1-2H3,(H2,16,17,18,19). The van der Waals surface area contributed by atoms with E-state index in [-0.39, 0.29) is 5.91 Å². The summed E-state index contributed by atoms with van der Waals surface area (Å²) >= 11 is 0. The van der Waals surface area contributed by atoms with E-state index < -0.39 is 0 Å². The van der Waals surface area contributed by atoms with Crippen LogP contribution in [0.25, 0.3) is 0 Å². The summed E-state index contributed by atoms with van der Waals surface area (Å²) < 4.78 is 5.03. The monoisotopic (exact) mass is 273 g/mol. The molecule has 0 aliphatic heterocycles. The zero-order valence-corrected chi connectivity index (χ0v) is 11.8. The number of aryl methyl sites for hydroxylation is 1. The fraction of sp³-hybridized carbons (Fsp3) is 0.333. The highest BCUT2D eigenvalue weighted by atomic mass is 16.5. The van der Waals surface area contributed by atoms with Crippen LogP contribution in [0.4, 0.5) is 5.82 Å². The molecule has 0 radical (unpaired) electrons. The van der Waals surface area contributed by atoms with Gasteiger partial charge in [-0.15, -0.1) is 0 Å². The maximum absolute atomic E-state index is 12.1. The Bertz CT molecular complexity index is 561. The van der Waals surface area contributed by atoms with E-state index in [1.165, 1.54) is 0 Å². The van der Waals surface area contributed by atoms with Gasteiger partial charge in [0.2, 0.25) is 0 Å². The Balaban J connectivity index is 1.99. The number of hydrogen-bond acceptors (Lipinski definition) is 3. The number of hydrogen-bond donors (Lipinski definition) is 2. The summed E-state index contributed by atoms with van der Waals surface area (Å²) in [6, 6.07) is 9.18. The van der Waals surface area contributed by atoms with Gasteiger partial charge in [-0.3, -0.25) is 9.89 Å². The second-order valence-corrected chi connectivity index (χ2v) is 4.61. The van der Waals surface area contributed by atoms with E-state index in [1.807, 2.05) is 18.2 Å². The molecule has 0 saturated carbocycles. The lowest BCUT2D eigenvalue weighted by molar-refractivity contribution is 0.102. The first-order valence-electron chi connectivity index (χ1n) is 6.66. The van der Waals surface area contributed by atoms with E-state index in [4.69, 9.17) is 4.74 Å². The summed E-state index contributed by atoms with van der Waals surface area (Å²) in [7, 11) is 1.64. The Morgan fingerprint density at radius 2 is 2.10 bits per heavy atom. The van der Waals surface area contributed by atoms with E-state index in [9.17, 15) is 4.79 Å². The predicted molar refractivity (Wildman–Crippen MR) is 77.7 cm³/mol. The first-order valence-corrected chi connectivity index (χ1v) is 6.66. The number of amides is 1. The van der Waals surface area contributed by atoms with Crippen LogP contribution in [0.5, 0.6) is 0 Å². The Morgan fingerprint density at radius 3 is 2.75 bits per heavy atom. The molecule has 20 heavy (non-hydrogen) atoms. The Kier molecular flexibility index (Phi) is 4.90. The minimum absolute atomic E-state index is 0.163. The summed E-state index contributed by atoms with van der Waals surface area (Å²) in [4.78, 5) is 12.1. The molecule has 106 valence electrons. The van der Waals surface area contributed by atoms with Gasteiger partial charge in [0.25, 0.3) is 5.91 Å². The highest BCUT2D eigenvalue weighted by molar-refractivity contribution is 6.03. The maximum atomic E-state index is 12.1. The van der Waals surface area contributed by atoms with Gasteiger partial charge >= 0.3 is 0 Å². The third-order valence-corrected chi connectivity index (χ3v) is 2.92. The van der Waals surface area contributed by atoms with Crippen LogP contribution in [0.1, 0.15) is 35.0 Å². The van der Waals surface area contributed by atoms with Crippen molar-refractivity contribution in [3.63, 3.8) is 0 Å². The molecule has 1 aromatic carbocycles. The molecule has 2 aromatic rings. The summed E-state index contributed by atoms with van der Waals surface area (Å²) in [5, 5.41) is 9.75. The van der Waals surface area contributed by atoms with E-state index in [0.29, 0.717) is 18.0 Å². The van der Waals surface area contributed by atoms with E-state index in [0.717, 1.165) is 24.1 Å². The zero-order chi connectivity index (χ0) is 14.4. The number of H-pyrrole nitrogens is 1. The molecule has 2 rings (SSSR count). The van der Waals surface area contributed by atoms with Crippen LogP contribution in [0.2, 0.25) is 0 Å². The number of carbonyl (C=O) groups is 1. The number of carbonyl (C=O) groups excluding carboxylic acids is 1. The molecule has 1 amide bonds. The predicted octanol–water partition coefficient (Wildman–Crippen LogP) is 2.76. The number of nitrogens with zero attached hydrogens (tertiary/aromatic N) is 1. The first-order chi connectivity index (χ1) is 9.72. The Labute approximate surface area is 118 Å². The van der Waals surface area contributed by atoms with E-state index in [2.05, 4.69) is 22.4 Å². The molecular weight excluding hydrogens is 254 g/mol. The molecule has 5 heteroatoms. The van der Waals surface area contributed by atoms with Crippen LogP contribution in [0, 0.1) is 0 Å². The second-order valence-electron chi connectivity index (χ2n) is 4.61. The molecule has 0 spiro atoms. The van der Waals surface area contributed by atoms with Crippen LogP contribution < -0.4 is 5.32 Å². The van der Waals surface area contributed by atoms with Crippen molar-refractivity contribution in [2.24, 2.45) is 0 Å². The van der Waals surface area contributed by atoms with Crippen molar-refractivity contribution in [3.8, 4) is 0 Å². The van der Waals surface area contributed by atoms with Gasteiger partial charge in [-0.25, -0.2) is 0 Å². The first kappa shape index (κ1) is 14.3. The molecule has 1 heterocycles. The number of benzene rings is 1. The third-order valence-electron chi connectivity index (χ3n) is 2.92. The van der Waals surface area contributed by atoms with Gasteiger partial charge in [0.05, 0.1) is 6.61 Å². The van der Waals surface area contributed by atoms with Gasteiger partial charge in [0, 0.05) is 24.4 Å². The second kappa shape index (κ2) is 6.86. The van der Waals surface area contributed by atoms with Crippen LogP contribution >= 0.6 is 0 Å². The Hall–Kier alpha value is -2.14. The molecule has 0 bridgehead atoms. The quantitative estimate of drug-likeness (QED) is 0.850. The van der Waals surface area contributed by atoms with Crippen LogP contribution in [-0.2, 0) is 17.8 Å². The highest BCUT2D eigenvalue weighted by Gasteiger charge is 2.08. The number of ether oxygens (including phenoxy) is 1. The topological polar surface area (TPSA) is 67.0 Å². The summed E-state index contributed by atoms with van der Waals surface area (Å²) in [6.07, 6.45) is 1.96. The molecule has 1 aromatic heterocycles. The number of aromatic nitrogens is 2. The molecule has 0 saturated heterocycles.